The van der Waals surface area contributed by atoms with Crippen molar-refractivity contribution in [1.82, 2.24) is 4.98 Å². The Kier molecular flexibility index (Phi) is 3.33. The molecule has 0 spiro atoms. The lowest BCUT2D eigenvalue weighted by Crippen LogP contribution is -2.44. The Balaban J connectivity index is 1.72. The van der Waals surface area contributed by atoms with Crippen LogP contribution in [-0.2, 0) is 16.0 Å². The molecule has 0 radical (unpaired) electrons. The van der Waals surface area contributed by atoms with Crippen molar-refractivity contribution in [3.63, 3.8) is 0 Å². The van der Waals surface area contributed by atoms with Gasteiger partial charge in [0.05, 0.1) is 23.5 Å². The van der Waals surface area contributed by atoms with E-state index in [1.165, 1.54) is 5.56 Å². The second-order valence-corrected chi connectivity index (χ2v) is 6.01. The number of aryl methyl sites for hydroxylation is 1. The Hall–Kier alpha value is -2.69. The standard InChI is InChI=1S/C18H17N3O2/c22-17-11-21(16-8-9-19-10-15(16)20-17)18(23)14-7-3-5-12-4-1-2-6-13(12)14/h1-2,4,6,8-10,14H,3,5,7,11H2,(H,20,22)/t14-/m0/s1. The van der Waals surface area contributed by atoms with E-state index in [4.69, 9.17) is 0 Å². The fourth-order valence-corrected chi connectivity index (χ4v) is 3.53. The zero-order chi connectivity index (χ0) is 15.8. The topological polar surface area (TPSA) is 62.3 Å². The summed E-state index contributed by atoms with van der Waals surface area (Å²) in [6, 6.07) is 9.90. The molecule has 5 heteroatoms. The quantitative estimate of drug-likeness (QED) is 0.880. The highest BCUT2D eigenvalue weighted by Gasteiger charge is 2.34. The van der Waals surface area contributed by atoms with Crippen molar-refractivity contribution in [2.24, 2.45) is 0 Å². The van der Waals surface area contributed by atoms with Gasteiger partial charge >= 0.3 is 0 Å². The lowest BCUT2D eigenvalue weighted by Gasteiger charge is -2.33. The van der Waals surface area contributed by atoms with Crippen LogP contribution in [0.15, 0.2) is 42.7 Å². The van der Waals surface area contributed by atoms with Crippen LogP contribution in [0, 0.1) is 0 Å². The van der Waals surface area contributed by atoms with Crippen molar-refractivity contribution in [3.8, 4) is 0 Å². The van der Waals surface area contributed by atoms with E-state index in [1.807, 2.05) is 18.2 Å². The number of carbonyl (C=O) groups is 2. The van der Waals surface area contributed by atoms with Crippen LogP contribution in [0.4, 0.5) is 11.4 Å². The predicted molar refractivity (Wildman–Crippen MR) is 87.3 cm³/mol. The predicted octanol–water partition coefficient (Wildman–Crippen LogP) is 2.49. The summed E-state index contributed by atoms with van der Waals surface area (Å²) in [5, 5.41) is 2.77. The van der Waals surface area contributed by atoms with Crippen molar-refractivity contribution in [3.05, 3.63) is 53.9 Å². The highest BCUT2D eigenvalue weighted by molar-refractivity contribution is 6.11. The van der Waals surface area contributed by atoms with Gasteiger partial charge in [-0.05, 0) is 36.5 Å². The monoisotopic (exact) mass is 307 g/mol. The van der Waals surface area contributed by atoms with Gasteiger partial charge < -0.3 is 10.2 Å². The molecule has 1 aromatic carbocycles. The van der Waals surface area contributed by atoms with Gasteiger partial charge in [0.25, 0.3) is 0 Å². The molecular formula is C18H17N3O2. The maximum Gasteiger partial charge on any atom is 0.244 e. The lowest BCUT2D eigenvalue weighted by atomic mass is 9.82. The molecule has 2 aromatic rings. The first-order chi connectivity index (χ1) is 11.2. The first kappa shape index (κ1) is 13.9. The smallest absolute Gasteiger partial charge is 0.244 e. The number of aromatic nitrogens is 1. The number of rotatable bonds is 1. The normalized spacial score (nSPS) is 19.6. The van der Waals surface area contributed by atoms with Gasteiger partial charge in [0.2, 0.25) is 11.8 Å². The first-order valence-corrected chi connectivity index (χ1v) is 7.87. The fourth-order valence-electron chi connectivity index (χ4n) is 3.53. The highest BCUT2D eigenvalue weighted by atomic mass is 16.2. The number of pyridine rings is 1. The molecule has 0 fully saturated rings. The Labute approximate surface area is 134 Å². The highest BCUT2D eigenvalue weighted by Crippen LogP contribution is 2.36. The number of fused-ring (bicyclic) bond motifs is 2. The largest absolute Gasteiger partial charge is 0.321 e. The molecule has 1 aliphatic carbocycles. The molecule has 1 atom stereocenters. The molecule has 0 bridgehead atoms. The number of carbonyl (C=O) groups excluding carboxylic acids is 2. The molecule has 0 saturated heterocycles. The molecule has 5 nitrogen and oxygen atoms in total. The number of anilines is 2. The minimum Gasteiger partial charge on any atom is -0.321 e. The number of hydrogen-bond donors (Lipinski definition) is 1. The molecule has 23 heavy (non-hydrogen) atoms. The van der Waals surface area contributed by atoms with Crippen molar-refractivity contribution in [1.29, 1.82) is 0 Å². The fraction of sp³-hybridized carbons (Fsp3) is 0.278. The van der Waals surface area contributed by atoms with Crippen molar-refractivity contribution in [2.75, 3.05) is 16.8 Å². The SMILES string of the molecule is O=C1CN(C(=O)[C@H]2CCCc3ccccc32)c2ccncc2N1. The molecule has 1 aromatic heterocycles. The van der Waals surface area contributed by atoms with Crippen LogP contribution in [0.25, 0.3) is 0 Å². The summed E-state index contributed by atoms with van der Waals surface area (Å²) >= 11 is 0. The van der Waals surface area contributed by atoms with E-state index in [1.54, 1.807) is 23.4 Å². The Bertz CT molecular complexity index is 787. The minimum absolute atomic E-state index is 0.000509. The van der Waals surface area contributed by atoms with Gasteiger partial charge in [-0.1, -0.05) is 24.3 Å². The van der Waals surface area contributed by atoms with Gasteiger partial charge in [-0.15, -0.1) is 0 Å². The van der Waals surface area contributed by atoms with Gasteiger partial charge in [-0.3, -0.25) is 14.6 Å². The molecule has 4 rings (SSSR count). The van der Waals surface area contributed by atoms with Gasteiger partial charge in [-0.25, -0.2) is 0 Å². The Morgan fingerprint density at radius 2 is 2.13 bits per heavy atom. The summed E-state index contributed by atoms with van der Waals surface area (Å²) in [7, 11) is 0. The maximum absolute atomic E-state index is 13.1. The number of nitrogens with zero attached hydrogens (tertiary/aromatic N) is 2. The van der Waals surface area contributed by atoms with E-state index >= 15 is 0 Å². The zero-order valence-electron chi connectivity index (χ0n) is 12.7. The molecule has 0 unspecified atom stereocenters. The van der Waals surface area contributed by atoms with Gasteiger partial charge in [-0.2, -0.15) is 0 Å². The second-order valence-electron chi connectivity index (χ2n) is 6.01. The third kappa shape index (κ3) is 2.38. The molecule has 1 N–H and O–H groups in total. The average Bonchev–Trinajstić information content (AvgIpc) is 2.60. The van der Waals surface area contributed by atoms with E-state index < -0.39 is 0 Å². The third-order valence-electron chi connectivity index (χ3n) is 4.60. The number of benzene rings is 1. The molecular weight excluding hydrogens is 290 g/mol. The van der Waals surface area contributed by atoms with Crippen LogP contribution < -0.4 is 10.2 Å². The molecule has 1 aliphatic heterocycles. The number of hydrogen-bond acceptors (Lipinski definition) is 3. The van der Waals surface area contributed by atoms with E-state index in [2.05, 4.69) is 16.4 Å². The van der Waals surface area contributed by atoms with Gasteiger partial charge in [0.1, 0.15) is 6.54 Å². The van der Waals surface area contributed by atoms with Crippen molar-refractivity contribution >= 4 is 23.2 Å². The van der Waals surface area contributed by atoms with Crippen LogP contribution in [0.5, 0.6) is 0 Å². The molecule has 2 amide bonds. The summed E-state index contributed by atoms with van der Waals surface area (Å²) in [6.45, 7) is 0.0640. The van der Waals surface area contributed by atoms with Crippen molar-refractivity contribution < 1.29 is 9.59 Å². The number of nitrogens with one attached hydrogen (secondary N) is 1. The summed E-state index contributed by atoms with van der Waals surface area (Å²) in [5.74, 6) is -0.353. The number of amides is 2. The van der Waals surface area contributed by atoms with Crippen LogP contribution >= 0.6 is 0 Å². The van der Waals surface area contributed by atoms with E-state index in [-0.39, 0.29) is 24.3 Å². The summed E-state index contributed by atoms with van der Waals surface area (Å²) in [5.41, 5.74) is 3.67. The van der Waals surface area contributed by atoms with Crippen LogP contribution in [0.1, 0.15) is 29.9 Å². The van der Waals surface area contributed by atoms with Crippen LogP contribution in [-0.4, -0.2) is 23.3 Å². The first-order valence-electron chi connectivity index (χ1n) is 7.87. The lowest BCUT2D eigenvalue weighted by molar-refractivity contribution is -0.123. The summed E-state index contributed by atoms with van der Waals surface area (Å²) in [4.78, 5) is 30.7. The van der Waals surface area contributed by atoms with E-state index in [0.29, 0.717) is 5.69 Å². The molecule has 116 valence electrons. The zero-order valence-corrected chi connectivity index (χ0v) is 12.7. The molecule has 0 saturated carbocycles. The van der Waals surface area contributed by atoms with E-state index in [0.717, 1.165) is 30.5 Å². The van der Waals surface area contributed by atoms with Crippen LogP contribution in [0.3, 0.4) is 0 Å². The molecule has 2 heterocycles. The maximum atomic E-state index is 13.1. The van der Waals surface area contributed by atoms with Gasteiger partial charge in [0.15, 0.2) is 0 Å². The van der Waals surface area contributed by atoms with Crippen LogP contribution in [0.2, 0.25) is 0 Å². The summed E-state index contributed by atoms with van der Waals surface area (Å²) in [6.07, 6.45) is 6.07. The average molecular weight is 307 g/mol. The Morgan fingerprint density at radius 3 is 3.04 bits per heavy atom. The second kappa shape index (κ2) is 5.50. The molecule has 2 aliphatic rings. The Morgan fingerprint density at radius 1 is 1.26 bits per heavy atom. The third-order valence-corrected chi connectivity index (χ3v) is 4.60. The van der Waals surface area contributed by atoms with E-state index in [9.17, 15) is 9.59 Å². The summed E-state index contributed by atoms with van der Waals surface area (Å²) < 4.78 is 0. The minimum atomic E-state index is -0.178. The van der Waals surface area contributed by atoms with Gasteiger partial charge in [0, 0.05) is 6.20 Å². The van der Waals surface area contributed by atoms with Crippen molar-refractivity contribution in [2.45, 2.75) is 25.2 Å².